The molecule has 0 atom stereocenters. The van der Waals surface area contributed by atoms with Gasteiger partial charge in [-0.25, -0.2) is 0 Å². The van der Waals surface area contributed by atoms with Crippen molar-refractivity contribution in [3.05, 3.63) is 71.8 Å². The lowest BCUT2D eigenvalue weighted by molar-refractivity contribution is -0.146. The van der Waals surface area contributed by atoms with Crippen molar-refractivity contribution in [2.24, 2.45) is 0 Å². The predicted molar refractivity (Wildman–Crippen MR) is 100 cm³/mol. The molecule has 0 heterocycles. The third-order valence-corrected chi connectivity index (χ3v) is 4.00. The van der Waals surface area contributed by atoms with E-state index in [4.69, 9.17) is 9.47 Å². The first kappa shape index (κ1) is 19.7. The van der Waals surface area contributed by atoms with Crippen molar-refractivity contribution in [2.45, 2.75) is 51.7 Å². The molecule has 0 fully saturated rings. The molecule has 0 bridgehead atoms. The van der Waals surface area contributed by atoms with Crippen LogP contribution in [-0.4, -0.2) is 11.9 Å². The quantitative estimate of drug-likeness (QED) is 0.429. The second-order valence-corrected chi connectivity index (χ2v) is 6.21. The van der Waals surface area contributed by atoms with Gasteiger partial charge in [0.05, 0.1) is 0 Å². The highest BCUT2D eigenvalue weighted by molar-refractivity contribution is 5.69. The van der Waals surface area contributed by atoms with E-state index in [1.807, 2.05) is 60.7 Å². The molecule has 2 rings (SSSR count). The fraction of sp³-hybridized carbons (Fsp3) is 0.364. The molecule has 0 aliphatic heterocycles. The largest absolute Gasteiger partial charge is 0.461 e. The second-order valence-electron chi connectivity index (χ2n) is 6.21. The van der Waals surface area contributed by atoms with E-state index < -0.39 is 0 Å². The minimum absolute atomic E-state index is 0.170. The van der Waals surface area contributed by atoms with Gasteiger partial charge in [0.2, 0.25) is 0 Å². The molecule has 0 N–H and O–H groups in total. The maximum atomic E-state index is 11.7. The number of ether oxygens (including phenoxy) is 2. The second kappa shape index (κ2) is 11.9. The molecule has 2 aromatic rings. The van der Waals surface area contributed by atoms with E-state index in [0.29, 0.717) is 26.1 Å². The van der Waals surface area contributed by atoms with Crippen molar-refractivity contribution < 1.29 is 19.1 Å². The van der Waals surface area contributed by atoms with Crippen molar-refractivity contribution in [1.82, 2.24) is 0 Å². The van der Waals surface area contributed by atoms with E-state index in [-0.39, 0.29) is 11.9 Å². The Balaban J connectivity index is 1.45. The number of hydrogen-bond donors (Lipinski definition) is 0. The number of hydrogen-bond acceptors (Lipinski definition) is 4. The zero-order valence-corrected chi connectivity index (χ0v) is 15.1. The third kappa shape index (κ3) is 8.47. The summed E-state index contributed by atoms with van der Waals surface area (Å²) >= 11 is 0. The van der Waals surface area contributed by atoms with Crippen molar-refractivity contribution in [1.29, 1.82) is 0 Å². The van der Waals surface area contributed by atoms with E-state index in [1.165, 1.54) is 0 Å². The van der Waals surface area contributed by atoms with Gasteiger partial charge in [0, 0.05) is 12.8 Å². The summed E-state index contributed by atoms with van der Waals surface area (Å²) in [4.78, 5) is 23.4. The predicted octanol–water partition coefficient (Wildman–Crippen LogP) is 4.81. The number of carbonyl (C=O) groups excluding carboxylic acids is 2. The molecule has 0 unspecified atom stereocenters. The summed E-state index contributed by atoms with van der Waals surface area (Å²) < 4.78 is 10.5. The monoisotopic (exact) mass is 354 g/mol. The summed E-state index contributed by atoms with van der Waals surface area (Å²) in [6, 6.07) is 19.3. The molecule has 4 nitrogen and oxygen atoms in total. The van der Waals surface area contributed by atoms with Crippen molar-refractivity contribution in [3.63, 3.8) is 0 Å². The van der Waals surface area contributed by atoms with E-state index in [2.05, 4.69) is 0 Å². The van der Waals surface area contributed by atoms with Gasteiger partial charge in [-0.05, 0) is 24.0 Å². The van der Waals surface area contributed by atoms with Crippen LogP contribution in [0.25, 0.3) is 0 Å². The van der Waals surface area contributed by atoms with Crippen LogP contribution in [0.15, 0.2) is 60.7 Å². The van der Waals surface area contributed by atoms with Gasteiger partial charge in [0.25, 0.3) is 0 Å². The van der Waals surface area contributed by atoms with Gasteiger partial charge in [-0.15, -0.1) is 0 Å². The SMILES string of the molecule is O=C(CCCCCCC(=O)OCc1ccccc1)OCc1ccccc1. The lowest BCUT2D eigenvalue weighted by Gasteiger charge is -2.06. The minimum Gasteiger partial charge on any atom is -0.461 e. The summed E-state index contributed by atoms with van der Waals surface area (Å²) in [6.45, 7) is 0.653. The van der Waals surface area contributed by atoms with Crippen LogP contribution in [0, 0.1) is 0 Å². The molecule has 0 radical (unpaired) electrons. The van der Waals surface area contributed by atoms with Gasteiger partial charge < -0.3 is 9.47 Å². The molecule has 0 aliphatic carbocycles. The molecule has 0 aliphatic rings. The number of benzene rings is 2. The summed E-state index contributed by atoms with van der Waals surface area (Å²) in [6.07, 6.45) is 4.23. The smallest absolute Gasteiger partial charge is 0.306 e. The number of esters is 2. The van der Waals surface area contributed by atoms with E-state index in [1.54, 1.807) is 0 Å². The van der Waals surface area contributed by atoms with Crippen LogP contribution in [0.3, 0.4) is 0 Å². The Morgan fingerprint density at radius 1 is 0.577 bits per heavy atom. The van der Waals surface area contributed by atoms with E-state index in [9.17, 15) is 9.59 Å². The maximum Gasteiger partial charge on any atom is 0.306 e. The first-order valence-electron chi connectivity index (χ1n) is 9.13. The highest BCUT2D eigenvalue weighted by atomic mass is 16.5. The zero-order valence-electron chi connectivity index (χ0n) is 15.1. The average Bonchev–Trinajstić information content (AvgIpc) is 2.69. The van der Waals surface area contributed by atoms with Crippen LogP contribution in [0.4, 0.5) is 0 Å². The molecule has 0 saturated heterocycles. The number of rotatable bonds is 11. The lowest BCUT2D eigenvalue weighted by Crippen LogP contribution is -2.05. The van der Waals surface area contributed by atoms with E-state index >= 15 is 0 Å². The third-order valence-electron chi connectivity index (χ3n) is 4.00. The van der Waals surface area contributed by atoms with Gasteiger partial charge in [-0.3, -0.25) is 9.59 Å². The summed E-state index contributed by atoms with van der Waals surface area (Å²) in [7, 11) is 0. The van der Waals surface area contributed by atoms with Crippen LogP contribution < -0.4 is 0 Å². The summed E-state index contributed by atoms with van der Waals surface area (Å²) in [5.41, 5.74) is 1.99. The normalized spacial score (nSPS) is 10.3. The minimum atomic E-state index is -0.170. The topological polar surface area (TPSA) is 52.6 Å². The molecular weight excluding hydrogens is 328 g/mol. The molecule has 2 aromatic carbocycles. The van der Waals surface area contributed by atoms with Crippen LogP contribution in [0.2, 0.25) is 0 Å². The highest BCUT2D eigenvalue weighted by Crippen LogP contribution is 2.09. The molecule has 26 heavy (non-hydrogen) atoms. The van der Waals surface area contributed by atoms with Crippen LogP contribution >= 0.6 is 0 Å². The highest BCUT2D eigenvalue weighted by Gasteiger charge is 2.05. The first-order valence-corrected chi connectivity index (χ1v) is 9.13. The average molecular weight is 354 g/mol. The molecule has 138 valence electrons. The Morgan fingerprint density at radius 3 is 1.35 bits per heavy atom. The molecule has 0 amide bonds. The Kier molecular flexibility index (Phi) is 8.98. The Hall–Kier alpha value is -2.62. The zero-order chi connectivity index (χ0) is 18.5. The molecular formula is C22H26O4. The number of unbranched alkanes of at least 4 members (excludes halogenated alkanes) is 3. The molecule has 0 aromatic heterocycles. The maximum absolute atomic E-state index is 11.7. The van der Waals surface area contributed by atoms with Crippen LogP contribution in [-0.2, 0) is 32.3 Å². The van der Waals surface area contributed by atoms with Crippen molar-refractivity contribution >= 4 is 11.9 Å². The molecule has 0 saturated carbocycles. The standard InChI is InChI=1S/C22H26O4/c23-21(25-17-19-11-5-3-6-12-19)15-9-1-2-10-16-22(24)26-18-20-13-7-4-8-14-20/h3-8,11-14H,1-2,9-10,15-18H2. The fourth-order valence-electron chi connectivity index (χ4n) is 2.51. The molecule has 4 heteroatoms. The van der Waals surface area contributed by atoms with Gasteiger partial charge in [-0.1, -0.05) is 73.5 Å². The molecule has 0 spiro atoms. The van der Waals surface area contributed by atoms with Crippen molar-refractivity contribution in [2.75, 3.05) is 0 Å². The Morgan fingerprint density at radius 2 is 0.962 bits per heavy atom. The van der Waals surface area contributed by atoms with Crippen LogP contribution in [0.5, 0.6) is 0 Å². The fourth-order valence-corrected chi connectivity index (χ4v) is 2.51. The Bertz CT molecular complexity index is 593. The van der Waals surface area contributed by atoms with Gasteiger partial charge in [0.1, 0.15) is 13.2 Å². The van der Waals surface area contributed by atoms with Crippen LogP contribution in [0.1, 0.15) is 49.7 Å². The van der Waals surface area contributed by atoms with Gasteiger partial charge in [0.15, 0.2) is 0 Å². The van der Waals surface area contributed by atoms with E-state index in [0.717, 1.165) is 36.8 Å². The first-order chi connectivity index (χ1) is 12.7. The Labute approximate surface area is 155 Å². The number of carbonyl (C=O) groups is 2. The lowest BCUT2D eigenvalue weighted by atomic mass is 10.1. The van der Waals surface area contributed by atoms with Gasteiger partial charge >= 0.3 is 11.9 Å². The summed E-state index contributed by atoms with van der Waals surface area (Å²) in [5, 5.41) is 0. The summed E-state index contributed by atoms with van der Waals surface area (Å²) in [5.74, 6) is -0.341. The van der Waals surface area contributed by atoms with Gasteiger partial charge in [-0.2, -0.15) is 0 Å². The van der Waals surface area contributed by atoms with Crippen molar-refractivity contribution in [3.8, 4) is 0 Å².